The first-order valence-corrected chi connectivity index (χ1v) is 8.13. The molecule has 0 spiro atoms. The third-order valence-corrected chi connectivity index (χ3v) is 3.91. The third-order valence-electron chi connectivity index (χ3n) is 3.91. The van der Waals surface area contributed by atoms with E-state index < -0.39 is 6.10 Å². The molecule has 136 valence electrons. The zero-order valence-corrected chi connectivity index (χ0v) is 14.8. The highest BCUT2D eigenvalue weighted by atomic mass is 35.5. The van der Waals surface area contributed by atoms with Crippen LogP contribution in [0.25, 0.3) is 0 Å². The maximum Gasteiger partial charge on any atom is 0.263 e. The summed E-state index contributed by atoms with van der Waals surface area (Å²) in [4.78, 5) is 14.2. The molecule has 1 aromatic rings. The lowest BCUT2D eigenvalue weighted by Gasteiger charge is -2.33. The van der Waals surface area contributed by atoms with E-state index in [1.807, 2.05) is 0 Å². The molecule has 0 bridgehead atoms. The maximum absolute atomic E-state index is 13.1. The standard InChI is InChI=1S/C17H25FN2O3.ClH/c1-13(23-16-5-2-4-14(18)12-16)17(21)20-9-6-15(7-10-20)22-11-3-8-19;/h2,4-5,12-13,15H,3,6-11,19H2,1H3;1H. The van der Waals surface area contributed by atoms with Crippen molar-refractivity contribution >= 4 is 18.3 Å². The van der Waals surface area contributed by atoms with Crippen LogP contribution in [0.15, 0.2) is 24.3 Å². The van der Waals surface area contributed by atoms with Crippen LogP contribution in [-0.2, 0) is 9.53 Å². The van der Waals surface area contributed by atoms with E-state index in [4.69, 9.17) is 15.2 Å². The quantitative estimate of drug-likeness (QED) is 0.758. The van der Waals surface area contributed by atoms with Crippen molar-refractivity contribution in [1.82, 2.24) is 4.90 Å². The van der Waals surface area contributed by atoms with Crippen molar-refractivity contribution in [2.45, 2.75) is 38.4 Å². The molecule has 5 nitrogen and oxygen atoms in total. The molecule has 1 heterocycles. The Balaban J connectivity index is 0.00000288. The molecule has 0 saturated carbocycles. The van der Waals surface area contributed by atoms with Gasteiger partial charge in [0.15, 0.2) is 6.10 Å². The van der Waals surface area contributed by atoms with Crippen LogP contribution in [-0.4, -0.2) is 49.3 Å². The van der Waals surface area contributed by atoms with Gasteiger partial charge in [-0.2, -0.15) is 0 Å². The highest BCUT2D eigenvalue weighted by Crippen LogP contribution is 2.18. The second-order valence-electron chi connectivity index (χ2n) is 5.76. The first kappa shape index (κ1) is 20.7. The minimum Gasteiger partial charge on any atom is -0.481 e. The average Bonchev–Trinajstić information content (AvgIpc) is 2.55. The van der Waals surface area contributed by atoms with Gasteiger partial charge in [-0.25, -0.2) is 4.39 Å². The molecular weight excluding hydrogens is 335 g/mol. The van der Waals surface area contributed by atoms with Gasteiger partial charge in [-0.15, -0.1) is 12.4 Å². The highest BCUT2D eigenvalue weighted by molar-refractivity contribution is 5.85. The number of rotatable bonds is 7. The van der Waals surface area contributed by atoms with Gasteiger partial charge in [0.05, 0.1) is 6.10 Å². The lowest BCUT2D eigenvalue weighted by atomic mass is 10.1. The zero-order chi connectivity index (χ0) is 16.7. The molecule has 24 heavy (non-hydrogen) atoms. The van der Waals surface area contributed by atoms with Gasteiger partial charge in [-0.1, -0.05) is 6.07 Å². The van der Waals surface area contributed by atoms with Crippen LogP contribution < -0.4 is 10.5 Å². The molecule has 2 rings (SSSR count). The zero-order valence-electron chi connectivity index (χ0n) is 13.9. The Morgan fingerprint density at radius 1 is 1.42 bits per heavy atom. The molecule has 1 unspecified atom stereocenters. The van der Waals surface area contributed by atoms with Crippen molar-refractivity contribution in [2.75, 3.05) is 26.2 Å². The van der Waals surface area contributed by atoms with Crippen LogP contribution in [0.3, 0.4) is 0 Å². The number of nitrogens with two attached hydrogens (primary N) is 1. The molecular formula is C17H26ClFN2O3. The van der Waals surface area contributed by atoms with E-state index in [9.17, 15) is 9.18 Å². The number of hydrogen-bond acceptors (Lipinski definition) is 4. The van der Waals surface area contributed by atoms with Gasteiger partial charge in [-0.3, -0.25) is 4.79 Å². The second-order valence-corrected chi connectivity index (χ2v) is 5.76. The smallest absolute Gasteiger partial charge is 0.263 e. The number of benzene rings is 1. The van der Waals surface area contributed by atoms with E-state index in [1.54, 1.807) is 24.0 Å². The van der Waals surface area contributed by atoms with Gasteiger partial charge in [-0.05, 0) is 44.9 Å². The summed E-state index contributed by atoms with van der Waals surface area (Å²) in [5.41, 5.74) is 5.44. The van der Waals surface area contributed by atoms with Crippen molar-refractivity contribution in [3.8, 4) is 5.75 Å². The van der Waals surface area contributed by atoms with Gasteiger partial charge < -0.3 is 20.1 Å². The van der Waals surface area contributed by atoms with Gasteiger partial charge in [0.1, 0.15) is 11.6 Å². The fourth-order valence-corrected chi connectivity index (χ4v) is 2.63. The predicted octanol–water partition coefficient (Wildman–Crippen LogP) is 2.37. The lowest BCUT2D eigenvalue weighted by Crippen LogP contribution is -2.46. The van der Waals surface area contributed by atoms with E-state index in [0.29, 0.717) is 32.0 Å². The van der Waals surface area contributed by atoms with Gasteiger partial charge in [0.2, 0.25) is 0 Å². The van der Waals surface area contributed by atoms with E-state index in [1.165, 1.54) is 12.1 Å². The lowest BCUT2D eigenvalue weighted by molar-refractivity contribution is -0.140. The molecule has 1 aliphatic rings. The summed E-state index contributed by atoms with van der Waals surface area (Å²) in [6.07, 6.45) is 2.07. The predicted molar refractivity (Wildman–Crippen MR) is 93.0 cm³/mol. The molecule has 1 aliphatic heterocycles. The Hall–Kier alpha value is -1.37. The van der Waals surface area contributed by atoms with Crippen molar-refractivity contribution in [2.24, 2.45) is 5.73 Å². The average molecular weight is 361 g/mol. The van der Waals surface area contributed by atoms with E-state index in [0.717, 1.165) is 19.3 Å². The summed E-state index contributed by atoms with van der Waals surface area (Å²) < 4.78 is 24.4. The van der Waals surface area contributed by atoms with Crippen LogP contribution >= 0.6 is 12.4 Å². The van der Waals surface area contributed by atoms with E-state index in [-0.39, 0.29) is 30.2 Å². The summed E-state index contributed by atoms with van der Waals surface area (Å²) in [5.74, 6) is -0.0851. The highest BCUT2D eigenvalue weighted by Gasteiger charge is 2.27. The van der Waals surface area contributed by atoms with Crippen LogP contribution in [0.1, 0.15) is 26.2 Å². The largest absolute Gasteiger partial charge is 0.481 e. The van der Waals surface area contributed by atoms with Crippen molar-refractivity contribution in [3.05, 3.63) is 30.1 Å². The molecule has 0 aromatic heterocycles. The first-order chi connectivity index (χ1) is 11.1. The number of carbonyl (C=O) groups excluding carboxylic acids is 1. The molecule has 1 atom stereocenters. The first-order valence-electron chi connectivity index (χ1n) is 8.13. The number of carbonyl (C=O) groups is 1. The van der Waals surface area contributed by atoms with Crippen LogP contribution in [0.4, 0.5) is 4.39 Å². The maximum atomic E-state index is 13.1. The van der Waals surface area contributed by atoms with E-state index >= 15 is 0 Å². The summed E-state index contributed by atoms with van der Waals surface area (Å²) in [6, 6.07) is 5.83. The monoisotopic (exact) mass is 360 g/mol. The Bertz CT molecular complexity index is 510. The Morgan fingerprint density at radius 3 is 2.75 bits per heavy atom. The number of halogens is 2. The number of hydrogen-bond donors (Lipinski definition) is 1. The number of likely N-dealkylation sites (tertiary alicyclic amines) is 1. The van der Waals surface area contributed by atoms with Crippen molar-refractivity contribution in [1.29, 1.82) is 0 Å². The van der Waals surface area contributed by atoms with Crippen molar-refractivity contribution < 1.29 is 18.7 Å². The fourth-order valence-electron chi connectivity index (χ4n) is 2.63. The topological polar surface area (TPSA) is 64.8 Å². The van der Waals surface area contributed by atoms with Crippen LogP contribution in [0, 0.1) is 5.82 Å². The summed E-state index contributed by atoms with van der Waals surface area (Å²) >= 11 is 0. The van der Waals surface area contributed by atoms with Crippen molar-refractivity contribution in [3.63, 3.8) is 0 Å². The SMILES string of the molecule is CC(Oc1cccc(F)c1)C(=O)N1CCC(OCCCN)CC1.Cl. The molecule has 1 saturated heterocycles. The minimum absolute atomic E-state index is 0. The molecule has 2 N–H and O–H groups in total. The normalized spacial score (nSPS) is 16.4. The summed E-state index contributed by atoms with van der Waals surface area (Å²) in [6.45, 7) is 4.31. The summed E-state index contributed by atoms with van der Waals surface area (Å²) in [5, 5.41) is 0. The Labute approximate surface area is 148 Å². The molecule has 7 heteroatoms. The van der Waals surface area contributed by atoms with E-state index in [2.05, 4.69) is 0 Å². The van der Waals surface area contributed by atoms with Crippen LogP contribution in [0.2, 0.25) is 0 Å². The Morgan fingerprint density at radius 2 is 2.12 bits per heavy atom. The summed E-state index contributed by atoms with van der Waals surface area (Å²) in [7, 11) is 0. The third kappa shape index (κ3) is 6.26. The number of piperidine rings is 1. The van der Waals surface area contributed by atoms with Crippen LogP contribution in [0.5, 0.6) is 5.75 Å². The molecule has 0 radical (unpaired) electrons. The second kappa shape index (κ2) is 10.5. The van der Waals surface area contributed by atoms with Gasteiger partial charge >= 0.3 is 0 Å². The molecule has 1 amide bonds. The minimum atomic E-state index is -0.633. The number of ether oxygens (including phenoxy) is 2. The number of nitrogens with zero attached hydrogens (tertiary/aromatic N) is 1. The fraction of sp³-hybridized carbons (Fsp3) is 0.588. The molecule has 1 aromatic carbocycles. The number of amides is 1. The Kier molecular flexibility index (Phi) is 9.03. The van der Waals surface area contributed by atoms with Gasteiger partial charge in [0, 0.05) is 25.8 Å². The molecule has 0 aliphatic carbocycles. The van der Waals surface area contributed by atoms with Gasteiger partial charge in [0.25, 0.3) is 5.91 Å². The molecule has 1 fully saturated rings.